The molecule has 0 bridgehead atoms. The summed E-state index contributed by atoms with van der Waals surface area (Å²) in [5.41, 5.74) is 0.399. The maximum atomic E-state index is 11.4. The number of rotatable bonds is 0. The Balaban J connectivity index is 2.67. The van der Waals surface area contributed by atoms with Gasteiger partial charge in [-0.2, -0.15) is 0 Å². The number of nitrogens with zero attached hydrogens (tertiary/aromatic N) is 2. The van der Waals surface area contributed by atoms with Gasteiger partial charge in [-0.15, -0.1) is 5.10 Å². The second-order valence-electron chi connectivity index (χ2n) is 2.88. The average Bonchev–Trinajstić information content (AvgIpc) is 2.15. The molecule has 1 aromatic heterocycles. The smallest absolute Gasteiger partial charge is 0.274 e. The van der Waals surface area contributed by atoms with Crippen molar-refractivity contribution in [2.75, 3.05) is 13.2 Å². The maximum absolute atomic E-state index is 11.4. The molecule has 2 rings (SSSR count). The second kappa shape index (κ2) is 2.76. The molecule has 1 aliphatic rings. The Bertz CT molecular complexity index is 397. The van der Waals surface area contributed by atoms with E-state index in [9.17, 15) is 4.79 Å². The second-order valence-corrected chi connectivity index (χ2v) is 2.88. The highest BCUT2D eigenvalue weighted by Crippen LogP contribution is 2.27. The van der Waals surface area contributed by atoms with Crippen LogP contribution in [0.15, 0.2) is 4.79 Å². The van der Waals surface area contributed by atoms with Crippen molar-refractivity contribution in [2.45, 2.75) is 6.92 Å². The van der Waals surface area contributed by atoms with E-state index in [1.54, 1.807) is 14.0 Å². The lowest BCUT2D eigenvalue weighted by molar-refractivity contribution is 0.158. The zero-order chi connectivity index (χ0) is 9.42. The van der Waals surface area contributed by atoms with Gasteiger partial charge in [0.2, 0.25) is 0 Å². The predicted molar refractivity (Wildman–Crippen MR) is 45.2 cm³/mol. The standard InChI is InChI=1S/C8H10N2O3/c1-5-6-7(13-4-3-12-6)9-10(2)8(5)11/h3-4H2,1-2H3. The number of aromatic nitrogens is 2. The van der Waals surface area contributed by atoms with E-state index in [-0.39, 0.29) is 5.56 Å². The zero-order valence-corrected chi connectivity index (χ0v) is 7.53. The molecule has 0 fully saturated rings. The fourth-order valence-corrected chi connectivity index (χ4v) is 1.27. The van der Waals surface area contributed by atoms with Gasteiger partial charge in [0, 0.05) is 7.05 Å². The third-order valence-electron chi connectivity index (χ3n) is 1.96. The Morgan fingerprint density at radius 2 is 2.08 bits per heavy atom. The molecular weight excluding hydrogens is 172 g/mol. The molecule has 0 aromatic carbocycles. The van der Waals surface area contributed by atoms with Crippen LogP contribution in [-0.4, -0.2) is 23.0 Å². The first-order valence-corrected chi connectivity index (χ1v) is 4.03. The number of hydrogen-bond acceptors (Lipinski definition) is 4. The summed E-state index contributed by atoms with van der Waals surface area (Å²) in [6.07, 6.45) is 0. The molecule has 0 aliphatic carbocycles. The Morgan fingerprint density at radius 3 is 2.85 bits per heavy atom. The Kier molecular flexibility index (Phi) is 1.72. The van der Waals surface area contributed by atoms with Crippen molar-refractivity contribution >= 4 is 0 Å². The van der Waals surface area contributed by atoms with Crippen LogP contribution < -0.4 is 15.0 Å². The van der Waals surface area contributed by atoms with Crippen molar-refractivity contribution in [3.8, 4) is 11.6 Å². The van der Waals surface area contributed by atoms with Gasteiger partial charge in [-0.25, -0.2) is 4.68 Å². The van der Waals surface area contributed by atoms with E-state index >= 15 is 0 Å². The van der Waals surface area contributed by atoms with Gasteiger partial charge in [-0.05, 0) is 6.92 Å². The highest BCUT2D eigenvalue weighted by molar-refractivity contribution is 5.39. The van der Waals surface area contributed by atoms with Crippen LogP contribution in [-0.2, 0) is 7.05 Å². The van der Waals surface area contributed by atoms with E-state index in [2.05, 4.69) is 5.10 Å². The minimum atomic E-state index is -0.149. The molecule has 0 saturated heterocycles. The van der Waals surface area contributed by atoms with Gasteiger partial charge < -0.3 is 9.47 Å². The van der Waals surface area contributed by atoms with Crippen LogP contribution in [0.5, 0.6) is 11.6 Å². The highest BCUT2D eigenvalue weighted by atomic mass is 16.6. The molecule has 0 unspecified atom stereocenters. The monoisotopic (exact) mass is 182 g/mol. The third kappa shape index (κ3) is 1.16. The molecule has 0 spiro atoms. The fraction of sp³-hybridized carbons (Fsp3) is 0.500. The topological polar surface area (TPSA) is 53.4 Å². The first-order valence-electron chi connectivity index (χ1n) is 4.03. The van der Waals surface area contributed by atoms with Crippen LogP contribution in [0.25, 0.3) is 0 Å². The van der Waals surface area contributed by atoms with Gasteiger partial charge in [-0.1, -0.05) is 0 Å². The number of hydrogen-bond donors (Lipinski definition) is 0. The first-order chi connectivity index (χ1) is 6.20. The minimum Gasteiger partial charge on any atom is -0.484 e. The lowest BCUT2D eigenvalue weighted by atomic mass is 10.3. The Labute approximate surface area is 74.9 Å². The van der Waals surface area contributed by atoms with Crippen molar-refractivity contribution < 1.29 is 9.47 Å². The molecule has 70 valence electrons. The van der Waals surface area contributed by atoms with E-state index in [0.29, 0.717) is 30.4 Å². The molecule has 2 heterocycles. The zero-order valence-electron chi connectivity index (χ0n) is 7.53. The largest absolute Gasteiger partial charge is 0.484 e. The highest BCUT2D eigenvalue weighted by Gasteiger charge is 2.18. The SMILES string of the molecule is Cc1c2c(nn(C)c1=O)OCCO2. The molecule has 5 heteroatoms. The molecule has 13 heavy (non-hydrogen) atoms. The molecule has 5 nitrogen and oxygen atoms in total. The van der Waals surface area contributed by atoms with Crippen molar-refractivity contribution in [1.29, 1.82) is 0 Å². The van der Waals surface area contributed by atoms with E-state index < -0.39 is 0 Å². The summed E-state index contributed by atoms with van der Waals surface area (Å²) in [5.74, 6) is 0.889. The molecule has 0 saturated carbocycles. The van der Waals surface area contributed by atoms with E-state index in [1.165, 1.54) is 4.68 Å². The molecule has 1 aromatic rings. The summed E-state index contributed by atoms with van der Waals surface area (Å²) in [6, 6.07) is 0. The average molecular weight is 182 g/mol. The van der Waals surface area contributed by atoms with Gasteiger partial charge in [0.25, 0.3) is 11.4 Å². The summed E-state index contributed by atoms with van der Waals surface area (Å²) < 4.78 is 11.8. The van der Waals surface area contributed by atoms with Gasteiger partial charge in [-0.3, -0.25) is 4.79 Å². The van der Waals surface area contributed by atoms with Gasteiger partial charge in [0.05, 0.1) is 5.56 Å². The molecule has 1 aliphatic heterocycles. The lowest BCUT2D eigenvalue weighted by Crippen LogP contribution is -2.27. The molecule has 0 radical (unpaired) electrons. The number of aryl methyl sites for hydroxylation is 1. The van der Waals surface area contributed by atoms with Crippen LogP contribution in [0.4, 0.5) is 0 Å². The molecule has 0 N–H and O–H groups in total. The first kappa shape index (κ1) is 8.10. The van der Waals surface area contributed by atoms with Crippen LogP contribution in [0.2, 0.25) is 0 Å². The molecule has 0 atom stereocenters. The lowest BCUT2D eigenvalue weighted by Gasteiger charge is -2.18. The maximum Gasteiger partial charge on any atom is 0.274 e. The van der Waals surface area contributed by atoms with Gasteiger partial charge in [0.15, 0.2) is 5.75 Å². The quantitative estimate of drug-likeness (QED) is 0.560. The van der Waals surface area contributed by atoms with Crippen molar-refractivity contribution in [1.82, 2.24) is 9.78 Å². The molecular formula is C8H10N2O3. The Hall–Kier alpha value is -1.52. The minimum absolute atomic E-state index is 0.149. The number of fused-ring (bicyclic) bond motifs is 1. The predicted octanol–water partition coefficient (Wildman–Crippen LogP) is -0.140. The summed E-state index contributed by atoms with van der Waals surface area (Å²) >= 11 is 0. The van der Waals surface area contributed by atoms with Crippen LogP contribution in [0, 0.1) is 6.92 Å². The molecule has 0 amide bonds. The third-order valence-corrected chi connectivity index (χ3v) is 1.96. The van der Waals surface area contributed by atoms with Crippen molar-refractivity contribution in [2.24, 2.45) is 7.05 Å². The van der Waals surface area contributed by atoms with Crippen molar-refractivity contribution in [3.63, 3.8) is 0 Å². The summed E-state index contributed by atoms with van der Waals surface area (Å²) in [5, 5.41) is 3.93. The van der Waals surface area contributed by atoms with E-state index in [1.807, 2.05) is 0 Å². The Morgan fingerprint density at radius 1 is 1.38 bits per heavy atom. The van der Waals surface area contributed by atoms with Crippen molar-refractivity contribution in [3.05, 3.63) is 15.9 Å². The number of ether oxygens (including phenoxy) is 2. The summed E-state index contributed by atoms with van der Waals surface area (Å²) in [4.78, 5) is 11.4. The normalized spacial score (nSPS) is 14.3. The summed E-state index contributed by atoms with van der Waals surface area (Å²) in [7, 11) is 1.59. The van der Waals surface area contributed by atoms with E-state index in [0.717, 1.165) is 0 Å². The summed E-state index contributed by atoms with van der Waals surface area (Å²) in [6.45, 7) is 2.66. The van der Waals surface area contributed by atoms with Crippen LogP contribution in [0.1, 0.15) is 5.56 Å². The van der Waals surface area contributed by atoms with Crippen LogP contribution >= 0.6 is 0 Å². The van der Waals surface area contributed by atoms with Gasteiger partial charge >= 0.3 is 0 Å². The van der Waals surface area contributed by atoms with E-state index in [4.69, 9.17) is 9.47 Å². The van der Waals surface area contributed by atoms with Crippen LogP contribution in [0.3, 0.4) is 0 Å². The van der Waals surface area contributed by atoms with Gasteiger partial charge in [0.1, 0.15) is 13.2 Å². The fourth-order valence-electron chi connectivity index (χ4n) is 1.27.